The molecule has 0 aliphatic carbocycles. The predicted octanol–water partition coefficient (Wildman–Crippen LogP) is 1.57. The van der Waals surface area contributed by atoms with E-state index in [0.717, 1.165) is 16.8 Å². The van der Waals surface area contributed by atoms with Crippen LogP contribution in [0.1, 0.15) is 18.2 Å². The minimum atomic E-state index is 0.545. The summed E-state index contributed by atoms with van der Waals surface area (Å²) >= 11 is 0. The van der Waals surface area contributed by atoms with Crippen molar-refractivity contribution in [2.45, 2.75) is 13.5 Å². The molecule has 1 aromatic heterocycles. The van der Waals surface area contributed by atoms with Crippen LogP contribution in [0.25, 0.3) is 5.57 Å². The zero-order chi connectivity index (χ0) is 8.27. The van der Waals surface area contributed by atoms with Crippen LogP contribution in [0.3, 0.4) is 0 Å². The van der Waals surface area contributed by atoms with E-state index in [1.54, 1.807) is 6.20 Å². The number of nitrogens with two attached hydrogens (primary N) is 1. The first-order valence-corrected chi connectivity index (χ1v) is 3.55. The monoisotopic (exact) mass is 148 g/mol. The second-order valence-electron chi connectivity index (χ2n) is 2.54. The number of pyridine rings is 1. The minimum Gasteiger partial charge on any atom is -0.326 e. The van der Waals surface area contributed by atoms with Gasteiger partial charge in [-0.1, -0.05) is 12.6 Å². The van der Waals surface area contributed by atoms with E-state index in [2.05, 4.69) is 11.6 Å². The molecule has 0 spiro atoms. The molecule has 0 fully saturated rings. The molecular weight excluding hydrogens is 136 g/mol. The fraction of sp³-hybridized carbons (Fsp3) is 0.222. The Morgan fingerprint density at radius 1 is 1.64 bits per heavy atom. The second kappa shape index (κ2) is 3.30. The highest BCUT2D eigenvalue weighted by Crippen LogP contribution is 2.07. The summed E-state index contributed by atoms with van der Waals surface area (Å²) in [6.07, 6.45) is 1.78. The van der Waals surface area contributed by atoms with E-state index in [1.165, 1.54) is 0 Å². The molecular formula is C9H12N2. The van der Waals surface area contributed by atoms with E-state index >= 15 is 0 Å². The summed E-state index contributed by atoms with van der Waals surface area (Å²) in [6, 6.07) is 3.90. The molecule has 1 heterocycles. The Morgan fingerprint density at radius 2 is 2.36 bits per heavy atom. The third kappa shape index (κ3) is 1.88. The van der Waals surface area contributed by atoms with Gasteiger partial charge in [0.25, 0.3) is 0 Å². The third-order valence-corrected chi connectivity index (χ3v) is 1.50. The van der Waals surface area contributed by atoms with E-state index in [4.69, 9.17) is 5.73 Å². The summed E-state index contributed by atoms with van der Waals surface area (Å²) in [5.74, 6) is 0. The Morgan fingerprint density at radius 3 is 2.73 bits per heavy atom. The van der Waals surface area contributed by atoms with Crippen LogP contribution in [-0.2, 0) is 6.54 Å². The van der Waals surface area contributed by atoms with E-state index < -0.39 is 0 Å². The van der Waals surface area contributed by atoms with Gasteiger partial charge in [-0.05, 0) is 24.1 Å². The zero-order valence-corrected chi connectivity index (χ0v) is 6.67. The summed E-state index contributed by atoms with van der Waals surface area (Å²) in [5, 5.41) is 0. The molecule has 2 N–H and O–H groups in total. The summed E-state index contributed by atoms with van der Waals surface area (Å²) < 4.78 is 0. The topological polar surface area (TPSA) is 38.9 Å². The van der Waals surface area contributed by atoms with Crippen LogP contribution in [0.5, 0.6) is 0 Å². The molecule has 0 aliphatic rings. The molecule has 0 radical (unpaired) electrons. The van der Waals surface area contributed by atoms with Crippen molar-refractivity contribution in [3.8, 4) is 0 Å². The Kier molecular flexibility index (Phi) is 2.39. The summed E-state index contributed by atoms with van der Waals surface area (Å²) in [5.41, 5.74) is 8.38. The molecule has 2 nitrogen and oxygen atoms in total. The number of hydrogen-bond donors (Lipinski definition) is 1. The molecule has 58 valence electrons. The molecule has 0 amide bonds. The first kappa shape index (κ1) is 7.95. The van der Waals surface area contributed by atoms with Crippen molar-refractivity contribution in [1.29, 1.82) is 0 Å². The molecule has 0 aliphatic heterocycles. The average Bonchev–Trinajstić information content (AvgIpc) is 2.05. The van der Waals surface area contributed by atoms with E-state index in [0.29, 0.717) is 6.54 Å². The van der Waals surface area contributed by atoms with Crippen molar-refractivity contribution in [3.05, 3.63) is 36.2 Å². The molecule has 2 heteroatoms. The maximum atomic E-state index is 5.41. The predicted molar refractivity (Wildman–Crippen MR) is 46.8 cm³/mol. The summed E-state index contributed by atoms with van der Waals surface area (Å²) in [4.78, 5) is 4.17. The van der Waals surface area contributed by atoms with Crippen LogP contribution in [0.15, 0.2) is 24.9 Å². The SMILES string of the molecule is C=C(C)c1ccc(CN)cn1. The van der Waals surface area contributed by atoms with Crippen molar-refractivity contribution in [3.63, 3.8) is 0 Å². The molecule has 0 saturated carbocycles. The molecule has 0 saturated heterocycles. The largest absolute Gasteiger partial charge is 0.326 e. The lowest BCUT2D eigenvalue weighted by molar-refractivity contribution is 1.04. The van der Waals surface area contributed by atoms with Gasteiger partial charge in [0.15, 0.2) is 0 Å². The molecule has 0 atom stereocenters. The van der Waals surface area contributed by atoms with Crippen molar-refractivity contribution in [2.24, 2.45) is 5.73 Å². The van der Waals surface area contributed by atoms with E-state index in [-0.39, 0.29) is 0 Å². The number of nitrogens with zero attached hydrogens (tertiary/aromatic N) is 1. The molecule has 1 rings (SSSR count). The molecule has 0 bridgehead atoms. The maximum absolute atomic E-state index is 5.41. The van der Waals surface area contributed by atoms with Gasteiger partial charge in [-0.25, -0.2) is 0 Å². The van der Waals surface area contributed by atoms with Crippen LogP contribution in [0.2, 0.25) is 0 Å². The van der Waals surface area contributed by atoms with Gasteiger partial charge >= 0.3 is 0 Å². The Balaban J connectivity index is 2.91. The van der Waals surface area contributed by atoms with Crippen molar-refractivity contribution >= 4 is 5.57 Å². The zero-order valence-electron chi connectivity index (χ0n) is 6.67. The fourth-order valence-electron chi connectivity index (χ4n) is 0.798. The maximum Gasteiger partial charge on any atom is 0.0653 e. The standard InChI is InChI=1S/C9H12N2/c1-7(2)9-4-3-8(5-10)6-11-9/h3-4,6H,1,5,10H2,2H3. The van der Waals surface area contributed by atoms with E-state index in [1.807, 2.05) is 19.1 Å². The fourth-order valence-corrected chi connectivity index (χ4v) is 0.798. The average molecular weight is 148 g/mol. The van der Waals surface area contributed by atoms with Crippen molar-refractivity contribution < 1.29 is 0 Å². The third-order valence-electron chi connectivity index (χ3n) is 1.50. The number of allylic oxidation sites excluding steroid dienone is 1. The van der Waals surface area contributed by atoms with Gasteiger partial charge in [0.05, 0.1) is 5.69 Å². The van der Waals surface area contributed by atoms with Crippen LogP contribution in [-0.4, -0.2) is 4.98 Å². The van der Waals surface area contributed by atoms with Gasteiger partial charge in [-0.2, -0.15) is 0 Å². The van der Waals surface area contributed by atoms with Crippen molar-refractivity contribution in [2.75, 3.05) is 0 Å². The van der Waals surface area contributed by atoms with Gasteiger partial charge in [-0.15, -0.1) is 0 Å². The second-order valence-corrected chi connectivity index (χ2v) is 2.54. The Bertz CT molecular complexity index is 249. The molecule has 1 aromatic rings. The highest BCUT2D eigenvalue weighted by molar-refractivity contribution is 5.57. The highest BCUT2D eigenvalue weighted by atomic mass is 14.7. The van der Waals surface area contributed by atoms with E-state index in [9.17, 15) is 0 Å². The first-order valence-electron chi connectivity index (χ1n) is 3.55. The number of hydrogen-bond acceptors (Lipinski definition) is 2. The van der Waals surface area contributed by atoms with Gasteiger partial charge < -0.3 is 5.73 Å². The van der Waals surface area contributed by atoms with Crippen molar-refractivity contribution in [1.82, 2.24) is 4.98 Å². The highest BCUT2D eigenvalue weighted by Gasteiger charge is 1.93. The van der Waals surface area contributed by atoms with Gasteiger partial charge in [0.1, 0.15) is 0 Å². The molecule has 0 unspecified atom stereocenters. The van der Waals surface area contributed by atoms with Gasteiger partial charge in [0.2, 0.25) is 0 Å². The first-order chi connectivity index (χ1) is 5.24. The van der Waals surface area contributed by atoms with Crippen LogP contribution < -0.4 is 5.73 Å². The number of rotatable bonds is 2. The van der Waals surface area contributed by atoms with Crippen LogP contribution in [0, 0.1) is 0 Å². The summed E-state index contributed by atoms with van der Waals surface area (Å²) in [7, 11) is 0. The molecule has 0 aromatic carbocycles. The van der Waals surface area contributed by atoms with Crippen LogP contribution >= 0.6 is 0 Å². The lowest BCUT2D eigenvalue weighted by Gasteiger charge is -1.99. The normalized spacial score (nSPS) is 9.64. The summed E-state index contributed by atoms with van der Waals surface area (Å²) in [6.45, 7) is 6.27. The van der Waals surface area contributed by atoms with Crippen LogP contribution in [0.4, 0.5) is 0 Å². The Hall–Kier alpha value is -1.15. The quantitative estimate of drug-likeness (QED) is 0.691. The lowest BCUT2D eigenvalue weighted by atomic mass is 10.2. The smallest absolute Gasteiger partial charge is 0.0653 e. The van der Waals surface area contributed by atoms with Gasteiger partial charge in [0, 0.05) is 12.7 Å². The molecule has 11 heavy (non-hydrogen) atoms. The number of aromatic nitrogens is 1. The lowest BCUT2D eigenvalue weighted by Crippen LogP contribution is -1.97. The Labute approximate surface area is 66.8 Å². The minimum absolute atomic E-state index is 0.545. The van der Waals surface area contributed by atoms with Gasteiger partial charge in [-0.3, -0.25) is 4.98 Å².